The summed E-state index contributed by atoms with van der Waals surface area (Å²) >= 11 is -0.709. The Kier molecular flexibility index (Phi) is 10.7. The smallest absolute Gasteiger partial charge is 1.00 e. The van der Waals surface area contributed by atoms with E-state index in [9.17, 15) is 0 Å². The SMILES string of the molecule is CC(CCC1=Cc2ccccc2C1)C1=[C]([Zr+2][C]2=C(C(C)CCC3=Cc4ccccc4C3)C=CC2)CC=C1.[Cl-].[Cl-]. The fraction of sp³-hybridized carbons (Fsp3) is 0.333. The maximum Gasteiger partial charge on any atom is -1.00 e. The number of halogens is 2. The largest absolute Gasteiger partial charge is 1.00 e. The molecule has 6 rings (SSSR count). The fourth-order valence-corrected chi connectivity index (χ4v) is 10.8. The minimum Gasteiger partial charge on any atom is -1.00 e. The molecule has 0 fully saturated rings. The first-order chi connectivity index (χ1) is 18.1. The summed E-state index contributed by atoms with van der Waals surface area (Å²) in [5.74, 6) is 1.34. The molecule has 0 aromatic heterocycles. The average molecular weight is 633 g/mol. The molecule has 2 unspecified atom stereocenters. The summed E-state index contributed by atoms with van der Waals surface area (Å²) in [5.41, 5.74) is 12.5. The van der Waals surface area contributed by atoms with Crippen LogP contribution in [0.3, 0.4) is 0 Å². The molecular formula is C36H38Cl2Zr. The Balaban J connectivity index is 0.00000176. The average Bonchev–Trinajstić information content (AvgIpc) is 3.71. The zero-order valence-corrected chi connectivity index (χ0v) is 27.1. The molecule has 0 bridgehead atoms. The van der Waals surface area contributed by atoms with Gasteiger partial charge in [-0.2, -0.15) is 0 Å². The van der Waals surface area contributed by atoms with E-state index in [1.807, 2.05) is 6.56 Å². The van der Waals surface area contributed by atoms with E-state index in [-0.39, 0.29) is 24.8 Å². The van der Waals surface area contributed by atoms with Gasteiger partial charge in [0.15, 0.2) is 0 Å². The Morgan fingerprint density at radius 3 is 1.51 bits per heavy atom. The van der Waals surface area contributed by atoms with Gasteiger partial charge in [-0.25, -0.2) is 0 Å². The van der Waals surface area contributed by atoms with Crippen LogP contribution in [0.4, 0.5) is 0 Å². The quantitative estimate of drug-likeness (QED) is 0.376. The zero-order valence-electron chi connectivity index (χ0n) is 23.2. The van der Waals surface area contributed by atoms with E-state index >= 15 is 0 Å². The standard InChI is InChI=1S/2C18H19.2ClH.Zr/c2*1-14(16-6-2-3-7-16)10-11-15-12-17-8-4-5-9-18(17)13-15;;;/h2*2,4-6,8-9,12,14H,3,10-11,13H2,1H3;2*1H;/q;;;;+2/p-2. The molecule has 0 saturated heterocycles. The van der Waals surface area contributed by atoms with Gasteiger partial charge in [0.05, 0.1) is 0 Å². The second-order valence-electron chi connectivity index (χ2n) is 11.4. The van der Waals surface area contributed by atoms with E-state index in [0.29, 0.717) is 11.8 Å². The molecule has 3 heteroatoms. The molecule has 0 aliphatic heterocycles. The second kappa shape index (κ2) is 13.8. The van der Waals surface area contributed by atoms with Gasteiger partial charge in [-0.15, -0.1) is 0 Å². The Morgan fingerprint density at radius 1 is 0.641 bits per heavy atom. The van der Waals surface area contributed by atoms with Gasteiger partial charge in [0, 0.05) is 0 Å². The Labute approximate surface area is 259 Å². The molecule has 4 aliphatic carbocycles. The normalized spacial score (nSPS) is 18.2. The monoisotopic (exact) mass is 630 g/mol. The molecule has 0 nitrogen and oxygen atoms in total. The first kappa shape index (κ1) is 30.3. The van der Waals surface area contributed by atoms with Crippen LogP contribution in [0.5, 0.6) is 0 Å². The van der Waals surface area contributed by atoms with E-state index in [4.69, 9.17) is 0 Å². The third-order valence-electron chi connectivity index (χ3n) is 8.76. The van der Waals surface area contributed by atoms with Gasteiger partial charge in [-0.05, 0) is 0 Å². The van der Waals surface area contributed by atoms with Crippen LogP contribution in [-0.2, 0) is 36.1 Å². The number of hydrogen-bond acceptors (Lipinski definition) is 0. The molecule has 0 N–H and O–H groups in total. The molecule has 4 aliphatic rings. The van der Waals surface area contributed by atoms with Gasteiger partial charge in [0.25, 0.3) is 0 Å². The van der Waals surface area contributed by atoms with Crippen molar-refractivity contribution in [3.05, 3.63) is 124 Å². The molecule has 0 saturated carbocycles. The van der Waals surface area contributed by atoms with Crippen LogP contribution in [0.15, 0.2) is 102 Å². The molecule has 0 spiro atoms. The minimum absolute atomic E-state index is 0. The number of hydrogen-bond donors (Lipinski definition) is 0. The van der Waals surface area contributed by atoms with Crippen LogP contribution in [0.2, 0.25) is 0 Å². The van der Waals surface area contributed by atoms with E-state index in [1.54, 1.807) is 22.3 Å². The van der Waals surface area contributed by atoms with E-state index < -0.39 is 23.2 Å². The molecular weight excluding hydrogens is 595 g/mol. The van der Waals surface area contributed by atoms with Crippen molar-refractivity contribution in [1.29, 1.82) is 0 Å². The van der Waals surface area contributed by atoms with Crippen molar-refractivity contribution in [2.45, 2.75) is 65.2 Å². The third-order valence-corrected chi connectivity index (χ3v) is 12.7. The predicted octanol–water partition coefficient (Wildman–Crippen LogP) is 3.62. The first-order valence-electron chi connectivity index (χ1n) is 14.2. The van der Waals surface area contributed by atoms with Gasteiger partial charge < -0.3 is 24.8 Å². The van der Waals surface area contributed by atoms with Crippen molar-refractivity contribution in [2.24, 2.45) is 11.8 Å². The molecule has 200 valence electrons. The summed E-state index contributed by atoms with van der Waals surface area (Å²) in [5, 5.41) is 0. The third kappa shape index (κ3) is 6.98. The van der Waals surface area contributed by atoms with E-state index in [2.05, 4.69) is 98.8 Å². The predicted molar refractivity (Wildman–Crippen MR) is 155 cm³/mol. The van der Waals surface area contributed by atoms with Gasteiger partial charge in [-0.3, -0.25) is 0 Å². The number of fused-ring (bicyclic) bond motifs is 2. The number of benzene rings is 2. The summed E-state index contributed by atoms with van der Waals surface area (Å²) in [4.78, 5) is 0. The summed E-state index contributed by atoms with van der Waals surface area (Å²) in [6, 6.07) is 17.8. The minimum atomic E-state index is -0.709. The molecule has 2 atom stereocenters. The zero-order chi connectivity index (χ0) is 25.2. The summed E-state index contributed by atoms with van der Waals surface area (Å²) in [6.07, 6.45) is 24.5. The van der Waals surface area contributed by atoms with Crippen molar-refractivity contribution in [2.75, 3.05) is 0 Å². The first-order valence-corrected chi connectivity index (χ1v) is 16.7. The second-order valence-corrected chi connectivity index (χ2v) is 15.0. The Morgan fingerprint density at radius 2 is 1.08 bits per heavy atom. The van der Waals surface area contributed by atoms with Crippen molar-refractivity contribution < 1.29 is 48.0 Å². The van der Waals surface area contributed by atoms with Crippen molar-refractivity contribution >= 4 is 12.2 Å². The van der Waals surface area contributed by atoms with Crippen LogP contribution in [-0.4, -0.2) is 0 Å². The molecule has 0 radical (unpaired) electrons. The van der Waals surface area contributed by atoms with E-state index in [1.165, 1.54) is 60.8 Å². The molecule has 2 aromatic rings. The van der Waals surface area contributed by atoms with Gasteiger partial charge >= 0.3 is 236 Å². The van der Waals surface area contributed by atoms with Crippen LogP contribution in [0.25, 0.3) is 12.2 Å². The van der Waals surface area contributed by atoms with Crippen molar-refractivity contribution in [3.8, 4) is 0 Å². The van der Waals surface area contributed by atoms with Gasteiger partial charge in [-0.1, -0.05) is 0 Å². The van der Waals surface area contributed by atoms with Crippen LogP contribution < -0.4 is 24.8 Å². The van der Waals surface area contributed by atoms with Crippen LogP contribution in [0.1, 0.15) is 74.6 Å². The van der Waals surface area contributed by atoms with Crippen molar-refractivity contribution in [1.82, 2.24) is 0 Å². The van der Waals surface area contributed by atoms with Gasteiger partial charge in [0.1, 0.15) is 0 Å². The van der Waals surface area contributed by atoms with Crippen LogP contribution >= 0.6 is 0 Å². The molecule has 39 heavy (non-hydrogen) atoms. The number of allylic oxidation sites excluding steroid dienone is 10. The molecule has 2 aromatic carbocycles. The summed E-state index contributed by atoms with van der Waals surface area (Å²) in [6.45, 7) is 4.95. The number of rotatable bonds is 10. The summed E-state index contributed by atoms with van der Waals surface area (Å²) < 4.78 is 3.69. The van der Waals surface area contributed by atoms with Gasteiger partial charge in [0.2, 0.25) is 0 Å². The van der Waals surface area contributed by atoms with Crippen LogP contribution in [0, 0.1) is 11.8 Å². The topological polar surface area (TPSA) is 0 Å². The Bertz CT molecular complexity index is 1280. The van der Waals surface area contributed by atoms with Crippen molar-refractivity contribution in [3.63, 3.8) is 0 Å². The maximum atomic E-state index is 2.48. The van der Waals surface area contributed by atoms with E-state index in [0.717, 1.165) is 12.8 Å². The fourth-order valence-electron chi connectivity index (χ4n) is 6.54. The Hall–Kier alpha value is -1.66. The maximum absolute atomic E-state index is 2.48. The summed E-state index contributed by atoms with van der Waals surface area (Å²) in [7, 11) is 0. The molecule has 0 amide bonds. The molecule has 0 heterocycles.